The number of carboxylic acids is 1. The van der Waals surface area contributed by atoms with E-state index in [0.717, 1.165) is 35.5 Å². The van der Waals surface area contributed by atoms with Crippen LogP contribution in [0.1, 0.15) is 47.8 Å². The third-order valence-corrected chi connectivity index (χ3v) is 6.25. The maximum atomic E-state index is 12.3. The summed E-state index contributed by atoms with van der Waals surface area (Å²) in [6.07, 6.45) is 4.36. The third-order valence-electron chi connectivity index (χ3n) is 6.25. The summed E-state index contributed by atoms with van der Waals surface area (Å²) in [5.41, 5.74) is 2.45. The molecule has 4 rings (SSSR count). The number of nitrogens with zero attached hydrogens (tertiary/aromatic N) is 1. The first kappa shape index (κ1) is 22.9. The molecule has 4 N–H and O–H groups in total. The molecular formula is C23H28ClN3O4. The molecule has 0 amide bonds. The second-order valence-corrected chi connectivity index (χ2v) is 8.09. The Bertz CT molecular complexity index is 1180. The normalized spacial score (nSPS) is 13.7. The van der Waals surface area contributed by atoms with Crippen molar-refractivity contribution in [2.45, 2.75) is 39.2 Å². The Balaban J connectivity index is 0.00000272. The van der Waals surface area contributed by atoms with E-state index in [1.165, 1.54) is 25.0 Å². The molecule has 8 heteroatoms. The van der Waals surface area contributed by atoms with E-state index in [9.17, 15) is 19.8 Å². The van der Waals surface area contributed by atoms with Crippen LogP contribution in [-0.4, -0.2) is 32.3 Å². The molecule has 0 bridgehead atoms. The lowest BCUT2D eigenvalue weighted by Crippen LogP contribution is -2.27. The maximum absolute atomic E-state index is 12.3. The number of halogens is 1. The number of aromatic amines is 1. The second kappa shape index (κ2) is 9.16. The number of aromatic carboxylic acids is 1. The standard InChI is InChI=1S/C23H27N3O4.ClH/c1-3-17-20(25-22(28)19(21(17)27)23(29)30)14-7-8-18-15(9-14)10-16(26(18)2)12-24-11-13-5-4-6-13;/h7-10,13,24H,3-6,11-12H2,1-2H3,(H,29,30)(H2,25,27,28);1H. The van der Waals surface area contributed by atoms with Crippen LogP contribution >= 0.6 is 12.4 Å². The summed E-state index contributed by atoms with van der Waals surface area (Å²) in [4.78, 5) is 26.3. The highest BCUT2D eigenvalue weighted by Gasteiger charge is 2.22. The van der Waals surface area contributed by atoms with Gasteiger partial charge >= 0.3 is 5.97 Å². The fourth-order valence-electron chi connectivity index (χ4n) is 4.25. The molecule has 0 unspecified atom stereocenters. The smallest absolute Gasteiger partial charge is 0.345 e. The summed E-state index contributed by atoms with van der Waals surface area (Å²) in [5, 5.41) is 24.2. The van der Waals surface area contributed by atoms with Crippen molar-refractivity contribution in [2.24, 2.45) is 13.0 Å². The molecule has 0 aliphatic heterocycles. The lowest BCUT2D eigenvalue weighted by Gasteiger charge is -2.25. The van der Waals surface area contributed by atoms with Crippen LogP contribution in [0, 0.1) is 5.92 Å². The number of benzene rings is 1. The Morgan fingerprint density at radius 2 is 2.03 bits per heavy atom. The highest BCUT2D eigenvalue weighted by atomic mass is 35.5. The molecule has 1 aromatic carbocycles. The molecule has 7 nitrogen and oxygen atoms in total. The van der Waals surface area contributed by atoms with Gasteiger partial charge in [-0.2, -0.15) is 0 Å². The monoisotopic (exact) mass is 445 g/mol. The van der Waals surface area contributed by atoms with E-state index >= 15 is 0 Å². The molecule has 1 aliphatic rings. The van der Waals surface area contributed by atoms with Crippen LogP contribution in [0.4, 0.5) is 0 Å². The molecule has 1 fully saturated rings. The van der Waals surface area contributed by atoms with Crippen LogP contribution < -0.4 is 10.9 Å². The summed E-state index contributed by atoms with van der Waals surface area (Å²) < 4.78 is 2.15. The summed E-state index contributed by atoms with van der Waals surface area (Å²) in [6.45, 7) is 3.65. The summed E-state index contributed by atoms with van der Waals surface area (Å²) in [5.74, 6) is -1.10. The average molecular weight is 446 g/mol. The lowest BCUT2D eigenvalue weighted by atomic mass is 9.85. The molecule has 0 radical (unpaired) electrons. The van der Waals surface area contributed by atoms with Gasteiger partial charge in [-0.1, -0.05) is 19.4 Å². The number of carbonyl (C=O) groups is 1. The summed E-state index contributed by atoms with van der Waals surface area (Å²) >= 11 is 0. The van der Waals surface area contributed by atoms with Gasteiger partial charge < -0.3 is 25.1 Å². The van der Waals surface area contributed by atoms with E-state index in [2.05, 4.69) is 20.9 Å². The van der Waals surface area contributed by atoms with Crippen molar-refractivity contribution in [3.05, 3.63) is 51.4 Å². The first-order valence-corrected chi connectivity index (χ1v) is 10.4. The predicted molar refractivity (Wildman–Crippen MR) is 123 cm³/mol. The molecular weight excluding hydrogens is 418 g/mol. The fraction of sp³-hybridized carbons (Fsp3) is 0.391. The highest BCUT2D eigenvalue weighted by molar-refractivity contribution is 5.92. The van der Waals surface area contributed by atoms with E-state index in [1.54, 1.807) is 0 Å². The number of carboxylic acid groups (broad SMARTS) is 1. The van der Waals surface area contributed by atoms with Crippen molar-refractivity contribution < 1.29 is 15.0 Å². The number of pyridine rings is 1. The van der Waals surface area contributed by atoms with Gasteiger partial charge in [0.25, 0.3) is 5.56 Å². The van der Waals surface area contributed by atoms with E-state index in [4.69, 9.17) is 0 Å². The third kappa shape index (κ3) is 4.20. The Hall–Kier alpha value is -2.77. The number of hydrogen-bond donors (Lipinski definition) is 4. The van der Waals surface area contributed by atoms with Gasteiger partial charge in [-0.25, -0.2) is 4.79 Å². The van der Waals surface area contributed by atoms with E-state index < -0.39 is 22.8 Å². The Morgan fingerprint density at radius 1 is 1.29 bits per heavy atom. The zero-order valence-electron chi connectivity index (χ0n) is 17.7. The molecule has 0 saturated heterocycles. The predicted octanol–water partition coefficient (Wildman–Crippen LogP) is 3.81. The Kier molecular flexibility index (Phi) is 6.77. The zero-order chi connectivity index (χ0) is 21.4. The minimum atomic E-state index is -1.44. The molecule has 31 heavy (non-hydrogen) atoms. The van der Waals surface area contributed by atoms with Gasteiger partial charge in [0.2, 0.25) is 0 Å². The topological polar surface area (TPSA) is 107 Å². The first-order chi connectivity index (χ1) is 14.4. The molecule has 2 heterocycles. The van der Waals surface area contributed by atoms with Crippen molar-refractivity contribution >= 4 is 29.3 Å². The van der Waals surface area contributed by atoms with Crippen molar-refractivity contribution in [3.63, 3.8) is 0 Å². The Labute approximate surface area is 186 Å². The number of hydrogen-bond acceptors (Lipinski definition) is 4. The maximum Gasteiger partial charge on any atom is 0.345 e. The van der Waals surface area contributed by atoms with Crippen LogP contribution in [0.3, 0.4) is 0 Å². The quantitative estimate of drug-likeness (QED) is 0.442. The molecule has 2 aromatic heterocycles. The van der Waals surface area contributed by atoms with Gasteiger partial charge in [0.05, 0.1) is 5.69 Å². The van der Waals surface area contributed by atoms with Crippen LogP contribution in [0.25, 0.3) is 22.2 Å². The van der Waals surface area contributed by atoms with Crippen LogP contribution in [0.2, 0.25) is 0 Å². The Morgan fingerprint density at radius 3 is 2.65 bits per heavy atom. The van der Waals surface area contributed by atoms with Crippen LogP contribution in [-0.2, 0) is 20.0 Å². The number of aryl methyl sites for hydroxylation is 1. The highest BCUT2D eigenvalue weighted by Crippen LogP contribution is 2.32. The molecule has 166 valence electrons. The minimum absolute atomic E-state index is 0. The van der Waals surface area contributed by atoms with E-state index in [0.29, 0.717) is 17.7 Å². The van der Waals surface area contributed by atoms with E-state index in [1.807, 2.05) is 32.2 Å². The van der Waals surface area contributed by atoms with Gasteiger partial charge in [-0.15, -0.1) is 12.4 Å². The zero-order valence-corrected chi connectivity index (χ0v) is 18.5. The van der Waals surface area contributed by atoms with E-state index in [-0.39, 0.29) is 12.4 Å². The fourth-order valence-corrected chi connectivity index (χ4v) is 4.25. The lowest BCUT2D eigenvalue weighted by molar-refractivity contribution is 0.0691. The number of H-pyrrole nitrogens is 1. The van der Waals surface area contributed by atoms with Gasteiger partial charge in [-0.05, 0) is 55.5 Å². The largest absolute Gasteiger partial charge is 0.506 e. The number of aromatic hydroxyl groups is 1. The number of nitrogens with one attached hydrogen (secondary N) is 2. The van der Waals surface area contributed by atoms with Gasteiger partial charge in [0.1, 0.15) is 5.75 Å². The molecule has 3 aromatic rings. The van der Waals surface area contributed by atoms with Gasteiger partial charge in [0, 0.05) is 35.8 Å². The molecule has 1 saturated carbocycles. The average Bonchev–Trinajstić information content (AvgIpc) is 2.98. The first-order valence-electron chi connectivity index (χ1n) is 10.4. The van der Waals surface area contributed by atoms with Crippen molar-refractivity contribution in [2.75, 3.05) is 6.54 Å². The molecule has 0 spiro atoms. The summed E-state index contributed by atoms with van der Waals surface area (Å²) in [7, 11) is 2.04. The number of rotatable bonds is 7. The number of fused-ring (bicyclic) bond motifs is 1. The van der Waals surface area contributed by atoms with Crippen molar-refractivity contribution in [1.82, 2.24) is 14.9 Å². The number of aromatic nitrogens is 2. The van der Waals surface area contributed by atoms with Crippen LogP contribution in [0.15, 0.2) is 29.1 Å². The van der Waals surface area contributed by atoms with Gasteiger partial charge in [-0.3, -0.25) is 4.79 Å². The second-order valence-electron chi connectivity index (χ2n) is 8.09. The summed E-state index contributed by atoms with van der Waals surface area (Å²) in [6, 6.07) is 7.97. The van der Waals surface area contributed by atoms with Crippen molar-refractivity contribution in [1.29, 1.82) is 0 Å². The van der Waals surface area contributed by atoms with Crippen molar-refractivity contribution in [3.8, 4) is 17.0 Å². The minimum Gasteiger partial charge on any atom is -0.506 e. The SMILES string of the molecule is CCc1c(-c2ccc3c(c2)cc(CNCC2CCC2)n3C)[nH]c(=O)c(C(=O)O)c1O.Cl. The molecule has 1 aliphatic carbocycles. The van der Waals surface area contributed by atoms with Crippen LogP contribution in [0.5, 0.6) is 5.75 Å². The molecule has 0 atom stereocenters. The van der Waals surface area contributed by atoms with Gasteiger partial charge in [0.15, 0.2) is 5.56 Å².